The van der Waals surface area contributed by atoms with Crippen molar-refractivity contribution in [2.45, 2.75) is 33.1 Å². The minimum absolute atomic E-state index is 0.694. The zero-order valence-electron chi connectivity index (χ0n) is 6.99. The first kappa shape index (κ1) is 10.2. The highest BCUT2D eigenvalue weighted by Gasteiger charge is 2.05. The van der Waals surface area contributed by atoms with Crippen molar-refractivity contribution in [3.8, 4) is 0 Å². The number of rotatable bonds is 5. The highest BCUT2D eigenvalue weighted by molar-refractivity contribution is 9.09. The Morgan fingerprint density at radius 2 is 2.20 bits per heavy atom. The van der Waals surface area contributed by atoms with Crippen molar-refractivity contribution in [1.29, 1.82) is 0 Å². The summed E-state index contributed by atoms with van der Waals surface area (Å²) >= 11 is 3.49. The van der Waals surface area contributed by atoms with Crippen LogP contribution in [0.2, 0.25) is 0 Å². The molecule has 10 heavy (non-hydrogen) atoms. The number of hydrogen-bond donors (Lipinski definition) is 0. The summed E-state index contributed by atoms with van der Waals surface area (Å²) in [5.41, 5.74) is 1.31. The van der Waals surface area contributed by atoms with Gasteiger partial charge in [-0.3, -0.25) is 0 Å². The molecule has 1 heteroatoms. The van der Waals surface area contributed by atoms with E-state index in [0.29, 0.717) is 5.92 Å². The predicted molar refractivity (Wildman–Crippen MR) is 51.6 cm³/mol. The van der Waals surface area contributed by atoms with Gasteiger partial charge in [-0.05, 0) is 19.3 Å². The molecular formula is C9H17Br. The summed E-state index contributed by atoms with van der Waals surface area (Å²) < 4.78 is 0. The van der Waals surface area contributed by atoms with Crippen molar-refractivity contribution >= 4 is 15.9 Å². The van der Waals surface area contributed by atoms with Crippen LogP contribution in [-0.4, -0.2) is 5.33 Å². The lowest BCUT2D eigenvalue weighted by Crippen LogP contribution is -2.02. The molecule has 0 aliphatic rings. The lowest BCUT2D eigenvalue weighted by Gasteiger charge is -2.12. The molecule has 0 fully saturated rings. The van der Waals surface area contributed by atoms with Gasteiger partial charge in [0.05, 0.1) is 0 Å². The highest BCUT2D eigenvalue weighted by Crippen LogP contribution is 2.18. The molecule has 1 atom stereocenters. The summed E-state index contributed by atoms with van der Waals surface area (Å²) in [6.45, 7) is 8.29. The van der Waals surface area contributed by atoms with E-state index in [1.807, 2.05) is 0 Å². The van der Waals surface area contributed by atoms with Gasteiger partial charge in [0.15, 0.2) is 0 Å². The molecular weight excluding hydrogens is 188 g/mol. The monoisotopic (exact) mass is 204 g/mol. The second-order valence-electron chi connectivity index (χ2n) is 2.84. The van der Waals surface area contributed by atoms with Gasteiger partial charge in [-0.15, -0.1) is 0 Å². The van der Waals surface area contributed by atoms with E-state index in [2.05, 4.69) is 36.4 Å². The minimum Gasteiger partial charge on any atom is -0.0998 e. The van der Waals surface area contributed by atoms with Crippen LogP contribution >= 0.6 is 15.9 Å². The maximum Gasteiger partial charge on any atom is 0.00967 e. The summed E-state index contributed by atoms with van der Waals surface area (Å²) in [6, 6.07) is 0. The third kappa shape index (κ3) is 4.10. The average molecular weight is 205 g/mol. The summed E-state index contributed by atoms with van der Waals surface area (Å²) in [4.78, 5) is 0. The Balaban J connectivity index is 3.50. The molecule has 0 amide bonds. The van der Waals surface area contributed by atoms with Crippen LogP contribution in [-0.2, 0) is 0 Å². The molecule has 0 aliphatic carbocycles. The fraction of sp³-hybridized carbons (Fsp3) is 0.778. The third-order valence-electron chi connectivity index (χ3n) is 1.79. The van der Waals surface area contributed by atoms with E-state index in [0.717, 1.165) is 5.33 Å². The predicted octanol–water partition coefficient (Wildman–Crippen LogP) is 3.76. The molecule has 0 spiro atoms. The largest absolute Gasteiger partial charge is 0.0998 e. The molecule has 0 unspecified atom stereocenters. The van der Waals surface area contributed by atoms with Gasteiger partial charge in [-0.25, -0.2) is 0 Å². The quantitative estimate of drug-likeness (QED) is 0.473. The van der Waals surface area contributed by atoms with Gasteiger partial charge in [0, 0.05) is 5.33 Å². The molecule has 0 aromatic rings. The molecule has 0 rings (SSSR count). The van der Waals surface area contributed by atoms with Crippen LogP contribution in [0.15, 0.2) is 12.2 Å². The average Bonchev–Trinajstić information content (AvgIpc) is 1.89. The summed E-state index contributed by atoms with van der Waals surface area (Å²) in [7, 11) is 0. The van der Waals surface area contributed by atoms with Crippen LogP contribution in [0.5, 0.6) is 0 Å². The molecule has 0 saturated carbocycles. The van der Waals surface area contributed by atoms with E-state index >= 15 is 0 Å². The molecule has 0 radical (unpaired) electrons. The van der Waals surface area contributed by atoms with Crippen molar-refractivity contribution in [2.24, 2.45) is 5.92 Å². The van der Waals surface area contributed by atoms with Crippen LogP contribution in [0.1, 0.15) is 33.1 Å². The maximum absolute atomic E-state index is 3.95. The van der Waals surface area contributed by atoms with Crippen molar-refractivity contribution in [3.63, 3.8) is 0 Å². The Bertz CT molecular complexity index is 96.9. The van der Waals surface area contributed by atoms with Gasteiger partial charge in [0.1, 0.15) is 0 Å². The number of alkyl halides is 1. The number of hydrogen-bond acceptors (Lipinski definition) is 0. The molecule has 0 N–H and O–H groups in total. The Hall–Kier alpha value is 0.220. The maximum atomic E-state index is 3.95. The first-order valence-corrected chi connectivity index (χ1v) is 5.05. The van der Waals surface area contributed by atoms with E-state index in [1.54, 1.807) is 0 Å². The van der Waals surface area contributed by atoms with Crippen LogP contribution in [0, 0.1) is 5.92 Å². The SMILES string of the molecule is C=C(C)[C@@H](CBr)CCCC. The first-order chi connectivity index (χ1) is 4.72. The second kappa shape index (κ2) is 5.96. The standard InChI is InChI=1S/C9H17Br/c1-4-5-6-9(7-10)8(2)3/h9H,2,4-7H2,1,3H3/t9-/m1/s1. The summed E-state index contributed by atoms with van der Waals surface area (Å²) in [5.74, 6) is 0.694. The summed E-state index contributed by atoms with van der Waals surface area (Å²) in [6.07, 6.45) is 3.90. The van der Waals surface area contributed by atoms with Gasteiger partial charge < -0.3 is 0 Å². The molecule has 0 saturated heterocycles. The van der Waals surface area contributed by atoms with E-state index in [9.17, 15) is 0 Å². The van der Waals surface area contributed by atoms with E-state index in [4.69, 9.17) is 0 Å². The fourth-order valence-corrected chi connectivity index (χ4v) is 1.78. The highest BCUT2D eigenvalue weighted by atomic mass is 79.9. The van der Waals surface area contributed by atoms with Crippen molar-refractivity contribution < 1.29 is 0 Å². The number of unbranched alkanes of at least 4 members (excludes halogenated alkanes) is 1. The zero-order chi connectivity index (χ0) is 7.98. The van der Waals surface area contributed by atoms with Crippen molar-refractivity contribution in [2.75, 3.05) is 5.33 Å². The van der Waals surface area contributed by atoms with Gasteiger partial charge in [0.25, 0.3) is 0 Å². The Labute approximate surface area is 72.8 Å². The fourth-order valence-electron chi connectivity index (χ4n) is 0.906. The third-order valence-corrected chi connectivity index (χ3v) is 2.57. The summed E-state index contributed by atoms with van der Waals surface area (Å²) in [5, 5.41) is 1.07. The molecule has 60 valence electrons. The lowest BCUT2D eigenvalue weighted by atomic mass is 9.98. The van der Waals surface area contributed by atoms with E-state index in [-0.39, 0.29) is 0 Å². The van der Waals surface area contributed by atoms with E-state index in [1.165, 1.54) is 24.8 Å². The van der Waals surface area contributed by atoms with E-state index < -0.39 is 0 Å². The van der Waals surface area contributed by atoms with Crippen LogP contribution in [0.25, 0.3) is 0 Å². The molecule has 0 nitrogen and oxygen atoms in total. The number of allylic oxidation sites excluding steroid dienone is 1. The van der Waals surface area contributed by atoms with Gasteiger partial charge in [-0.2, -0.15) is 0 Å². The minimum atomic E-state index is 0.694. The molecule has 0 aliphatic heterocycles. The van der Waals surface area contributed by atoms with Crippen LogP contribution in [0.3, 0.4) is 0 Å². The Morgan fingerprint density at radius 3 is 2.50 bits per heavy atom. The van der Waals surface area contributed by atoms with Crippen LogP contribution in [0.4, 0.5) is 0 Å². The van der Waals surface area contributed by atoms with Crippen LogP contribution < -0.4 is 0 Å². The topological polar surface area (TPSA) is 0 Å². The second-order valence-corrected chi connectivity index (χ2v) is 3.49. The lowest BCUT2D eigenvalue weighted by molar-refractivity contribution is 0.583. The molecule has 0 bridgehead atoms. The smallest absolute Gasteiger partial charge is 0.00967 e. The normalized spacial score (nSPS) is 13.1. The van der Waals surface area contributed by atoms with Gasteiger partial charge in [-0.1, -0.05) is 47.8 Å². The molecule has 0 aromatic carbocycles. The Kier molecular flexibility index (Phi) is 6.10. The number of halogens is 1. The van der Waals surface area contributed by atoms with Crippen molar-refractivity contribution in [3.05, 3.63) is 12.2 Å². The zero-order valence-corrected chi connectivity index (χ0v) is 8.58. The Morgan fingerprint density at radius 1 is 1.60 bits per heavy atom. The van der Waals surface area contributed by atoms with Gasteiger partial charge in [0.2, 0.25) is 0 Å². The molecule has 0 aromatic heterocycles. The van der Waals surface area contributed by atoms with Crippen molar-refractivity contribution in [1.82, 2.24) is 0 Å². The van der Waals surface area contributed by atoms with Gasteiger partial charge >= 0.3 is 0 Å². The molecule has 0 heterocycles. The first-order valence-electron chi connectivity index (χ1n) is 3.93.